The van der Waals surface area contributed by atoms with E-state index in [-0.39, 0.29) is 0 Å². The molecule has 0 aliphatic carbocycles. The summed E-state index contributed by atoms with van der Waals surface area (Å²) in [4.78, 5) is 7.33. The van der Waals surface area contributed by atoms with Gasteiger partial charge in [-0.2, -0.15) is 0 Å². The van der Waals surface area contributed by atoms with Crippen LogP contribution in [0.25, 0.3) is 0 Å². The number of nitrogens with one attached hydrogen (secondary N) is 1. The fraction of sp³-hybridized carbons (Fsp3) is 0.400. The minimum Gasteiger partial charge on any atom is -0.312 e. The van der Waals surface area contributed by atoms with Gasteiger partial charge in [0.25, 0.3) is 0 Å². The van der Waals surface area contributed by atoms with Crippen molar-refractivity contribution < 1.29 is 0 Å². The summed E-state index contributed by atoms with van der Waals surface area (Å²) in [5, 5.41) is 3.39. The van der Waals surface area contributed by atoms with E-state index in [2.05, 4.69) is 48.4 Å². The van der Waals surface area contributed by atoms with Crippen LogP contribution in [0.4, 0.5) is 0 Å². The van der Waals surface area contributed by atoms with Gasteiger partial charge in [-0.15, -0.1) is 11.3 Å². The number of nitrogens with zero attached hydrogens (tertiary/aromatic N) is 1. The Morgan fingerprint density at radius 3 is 2.67 bits per heavy atom. The van der Waals surface area contributed by atoms with Crippen molar-refractivity contribution in [2.24, 2.45) is 0 Å². The van der Waals surface area contributed by atoms with E-state index >= 15 is 0 Å². The highest BCUT2D eigenvalue weighted by molar-refractivity contribution is 7.12. The van der Waals surface area contributed by atoms with Crippen molar-refractivity contribution >= 4 is 11.3 Å². The van der Waals surface area contributed by atoms with Crippen molar-refractivity contribution in [3.05, 3.63) is 51.5 Å². The molecule has 0 saturated heterocycles. The van der Waals surface area contributed by atoms with Gasteiger partial charge in [0.1, 0.15) is 0 Å². The maximum atomic E-state index is 4.48. The van der Waals surface area contributed by atoms with Gasteiger partial charge in [-0.3, -0.25) is 4.98 Å². The van der Waals surface area contributed by atoms with Gasteiger partial charge in [0, 0.05) is 34.1 Å². The fourth-order valence-corrected chi connectivity index (χ4v) is 3.01. The summed E-state index contributed by atoms with van der Waals surface area (Å²) in [7, 11) is 2.02. The molecule has 1 atom stereocenters. The number of aryl methyl sites for hydroxylation is 2. The predicted octanol–water partition coefficient (Wildman–Crippen LogP) is 3.52. The van der Waals surface area contributed by atoms with Crippen molar-refractivity contribution in [1.82, 2.24) is 10.3 Å². The Kier molecular flexibility index (Phi) is 4.50. The van der Waals surface area contributed by atoms with Crippen LogP contribution in [0.1, 0.15) is 34.0 Å². The molecule has 0 saturated carbocycles. The third-order valence-electron chi connectivity index (χ3n) is 3.11. The van der Waals surface area contributed by atoms with E-state index in [1.165, 1.54) is 15.3 Å². The molecule has 1 unspecified atom stereocenters. The third kappa shape index (κ3) is 3.18. The zero-order valence-electron chi connectivity index (χ0n) is 11.2. The molecule has 2 rings (SSSR count). The van der Waals surface area contributed by atoms with E-state index in [0.717, 1.165) is 18.5 Å². The molecular formula is C15H20N2S. The topological polar surface area (TPSA) is 24.9 Å². The molecule has 18 heavy (non-hydrogen) atoms. The van der Waals surface area contributed by atoms with Gasteiger partial charge in [0.05, 0.1) is 0 Å². The first-order valence-corrected chi connectivity index (χ1v) is 7.22. The van der Waals surface area contributed by atoms with Crippen LogP contribution in [0, 0.1) is 6.92 Å². The van der Waals surface area contributed by atoms with Gasteiger partial charge < -0.3 is 5.32 Å². The number of rotatable bonds is 5. The Morgan fingerprint density at radius 1 is 1.28 bits per heavy atom. The van der Waals surface area contributed by atoms with Gasteiger partial charge in [-0.25, -0.2) is 0 Å². The zero-order valence-corrected chi connectivity index (χ0v) is 12.1. The van der Waals surface area contributed by atoms with E-state index in [9.17, 15) is 0 Å². The molecule has 96 valence electrons. The number of likely N-dealkylation sites (N-methyl/N-ethyl adjacent to an activating group) is 1. The van der Waals surface area contributed by atoms with E-state index in [0.29, 0.717) is 6.04 Å². The molecular weight excluding hydrogens is 240 g/mol. The van der Waals surface area contributed by atoms with Gasteiger partial charge in [0.2, 0.25) is 0 Å². The second-order valence-electron chi connectivity index (χ2n) is 4.53. The van der Waals surface area contributed by atoms with Gasteiger partial charge >= 0.3 is 0 Å². The molecule has 2 aromatic rings. The molecule has 0 aliphatic rings. The molecule has 0 aliphatic heterocycles. The molecule has 0 radical (unpaired) electrons. The highest BCUT2D eigenvalue weighted by atomic mass is 32.1. The molecule has 2 heterocycles. The smallest absolute Gasteiger partial charge is 0.0468 e. The molecule has 2 nitrogen and oxygen atoms in total. The van der Waals surface area contributed by atoms with E-state index in [1.54, 1.807) is 0 Å². The molecule has 0 spiro atoms. The normalized spacial score (nSPS) is 12.6. The number of hydrogen-bond donors (Lipinski definition) is 1. The summed E-state index contributed by atoms with van der Waals surface area (Å²) in [5.74, 6) is 0. The van der Waals surface area contributed by atoms with Crippen LogP contribution < -0.4 is 5.32 Å². The van der Waals surface area contributed by atoms with Crippen LogP contribution in [0.3, 0.4) is 0 Å². The van der Waals surface area contributed by atoms with Crippen molar-refractivity contribution in [3.8, 4) is 0 Å². The molecule has 3 heteroatoms. The fourth-order valence-electron chi connectivity index (χ4n) is 1.95. The monoisotopic (exact) mass is 260 g/mol. The largest absolute Gasteiger partial charge is 0.312 e. The van der Waals surface area contributed by atoms with Gasteiger partial charge in [-0.05, 0) is 44.2 Å². The number of thiophene rings is 1. The standard InChI is InChI=1S/C15H20N2S/c1-4-13-7-8-15(18-13)14(16-3)9-12-6-5-11(2)10-17-12/h5-8,10,14,16H,4,9H2,1-3H3. The van der Waals surface area contributed by atoms with E-state index in [1.807, 2.05) is 24.6 Å². The second-order valence-corrected chi connectivity index (χ2v) is 5.73. The quantitative estimate of drug-likeness (QED) is 0.889. The Labute approximate surface area is 113 Å². The summed E-state index contributed by atoms with van der Waals surface area (Å²) >= 11 is 1.90. The van der Waals surface area contributed by atoms with E-state index in [4.69, 9.17) is 0 Å². The lowest BCUT2D eigenvalue weighted by atomic mass is 10.1. The van der Waals surface area contributed by atoms with Gasteiger partial charge in [-0.1, -0.05) is 13.0 Å². The first-order valence-electron chi connectivity index (χ1n) is 6.40. The minimum absolute atomic E-state index is 0.366. The molecule has 0 bridgehead atoms. The molecule has 0 aromatic carbocycles. The van der Waals surface area contributed by atoms with Crippen molar-refractivity contribution in [2.45, 2.75) is 32.7 Å². The summed E-state index contributed by atoms with van der Waals surface area (Å²) < 4.78 is 0. The number of aromatic nitrogens is 1. The summed E-state index contributed by atoms with van der Waals surface area (Å²) in [5.41, 5.74) is 2.36. The first-order chi connectivity index (χ1) is 8.72. The van der Waals surface area contributed by atoms with Crippen molar-refractivity contribution in [1.29, 1.82) is 0 Å². The lowest BCUT2D eigenvalue weighted by molar-refractivity contribution is 0.594. The Bertz CT molecular complexity index is 487. The summed E-state index contributed by atoms with van der Waals surface area (Å²) in [6.45, 7) is 4.27. The Hall–Kier alpha value is -1.19. The maximum Gasteiger partial charge on any atom is 0.0468 e. The third-order valence-corrected chi connectivity index (χ3v) is 4.45. The van der Waals surface area contributed by atoms with Gasteiger partial charge in [0.15, 0.2) is 0 Å². The average Bonchev–Trinajstić information content (AvgIpc) is 2.87. The second kappa shape index (κ2) is 6.12. The SMILES string of the molecule is CCc1ccc(C(Cc2ccc(C)cn2)NC)s1. The molecule has 2 aromatic heterocycles. The van der Waals surface area contributed by atoms with Crippen LogP contribution in [0.2, 0.25) is 0 Å². The number of pyridine rings is 1. The summed E-state index contributed by atoms with van der Waals surface area (Å²) in [6.07, 6.45) is 4.00. The average molecular weight is 260 g/mol. The Morgan fingerprint density at radius 2 is 2.11 bits per heavy atom. The highest BCUT2D eigenvalue weighted by Crippen LogP contribution is 2.25. The maximum absolute atomic E-state index is 4.48. The first kappa shape index (κ1) is 13.2. The minimum atomic E-state index is 0.366. The molecule has 0 fully saturated rings. The molecule has 1 N–H and O–H groups in total. The van der Waals surface area contributed by atoms with Crippen LogP contribution in [0.5, 0.6) is 0 Å². The molecule has 0 amide bonds. The predicted molar refractivity (Wildman–Crippen MR) is 78.2 cm³/mol. The van der Waals surface area contributed by atoms with Crippen LogP contribution in [-0.4, -0.2) is 12.0 Å². The van der Waals surface area contributed by atoms with Crippen molar-refractivity contribution in [3.63, 3.8) is 0 Å². The zero-order chi connectivity index (χ0) is 13.0. The number of hydrogen-bond acceptors (Lipinski definition) is 3. The van der Waals surface area contributed by atoms with Crippen molar-refractivity contribution in [2.75, 3.05) is 7.05 Å². The van der Waals surface area contributed by atoms with Crippen LogP contribution >= 0.6 is 11.3 Å². The lowest BCUT2D eigenvalue weighted by Gasteiger charge is -2.14. The van der Waals surface area contributed by atoms with Crippen LogP contribution in [-0.2, 0) is 12.8 Å². The van der Waals surface area contributed by atoms with Crippen LogP contribution in [0.15, 0.2) is 30.5 Å². The summed E-state index contributed by atoms with van der Waals surface area (Å²) in [6, 6.07) is 9.08. The lowest BCUT2D eigenvalue weighted by Crippen LogP contribution is -2.18. The Balaban J connectivity index is 2.11. The highest BCUT2D eigenvalue weighted by Gasteiger charge is 2.13. The van der Waals surface area contributed by atoms with E-state index < -0.39 is 0 Å².